The molecule has 6 saturated heterocycles. The van der Waals surface area contributed by atoms with E-state index in [0.717, 1.165) is 61.1 Å². The smallest absolute Gasteiger partial charge is 0.222 e. The molecular formula is C92H154Br2N16O21P6S. The Labute approximate surface area is 837 Å². The average Bonchev–Trinajstić information content (AvgIpc) is 1.64. The number of nitrogens with zero attached hydrogens (tertiary/aromatic N) is 11. The van der Waals surface area contributed by atoms with Gasteiger partial charge in [-0.3, -0.25) is 4.79 Å². The summed E-state index contributed by atoms with van der Waals surface area (Å²) in [6.07, 6.45) is 31.8. The number of aliphatic hydroxyl groups is 10. The minimum atomic E-state index is -1.23. The minimum Gasteiger partial charge on any atom is -0.491 e. The van der Waals surface area contributed by atoms with Gasteiger partial charge in [-0.1, -0.05) is 32.9 Å². The van der Waals surface area contributed by atoms with Crippen LogP contribution >= 0.6 is 85.4 Å². The number of aryl methyl sites for hydroxylation is 2. The van der Waals surface area contributed by atoms with Crippen LogP contribution in [0.15, 0.2) is 157 Å². The summed E-state index contributed by atoms with van der Waals surface area (Å²) in [6.45, 7) is 41.2. The molecule has 0 bridgehead atoms. The largest absolute Gasteiger partial charge is 0.491 e. The highest BCUT2D eigenvalue weighted by Crippen LogP contribution is 2.47. The Hall–Kier alpha value is -5.57. The molecule has 0 aromatic carbocycles. The van der Waals surface area contributed by atoms with Crippen molar-refractivity contribution in [3.05, 3.63) is 153 Å². The normalized spacial score (nSPS) is 31.2. The highest BCUT2D eigenvalue weighted by molar-refractivity contribution is 9.12. The maximum absolute atomic E-state index is 11.1. The van der Waals surface area contributed by atoms with Crippen LogP contribution in [0, 0.1) is 11.7 Å². The second-order valence-corrected chi connectivity index (χ2v) is 67.7. The summed E-state index contributed by atoms with van der Waals surface area (Å²) in [5.74, 6) is 3.29. The summed E-state index contributed by atoms with van der Waals surface area (Å²) < 4.78 is 60.5. The van der Waals surface area contributed by atoms with Crippen molar-refractivity contribution in [3.8, 4) is 0 Å². The third-order valence-electron chi connectivity index (χ3n) is 23.7. The lowest BCUT2D eigenvalue weighted by Crippen LogP contribution is -2.43. The third kappa shape index (κ3) is 33.5. The number of hydrogen-bond acceptors (Lipinski definition) is 36. The van der Waals surface area contributed by atoms with E-state index in [1.807, 2.05) is 20.2 Å². The minimum absolute atomic E-state index is 0.203. The summed E-state index contributed by atoms with van der Waals surface area (Å²) in [5, 5.41) is 106. The first-order valence-electron chi connectivity index (χ1n) is 44.8. The van der Waals surface area contributed by atoms with Crippen molar-refractivity contribution in [2.24, 2.45) is 50.0 Å². The molecule has 12 heterocycles. The molecular weight excluding hydrogens is 2040 g/mol. The fourth-order valence-corrected chi connectivity index (χ4v) is 22.4. The molecule has 0 spiro atoms. The molecule has 1 aromatic rings. The van der Waals surface area contributed by atoms with E-state index in [1.54, 1.807) is 81.5 Å². The number of carbonyl (C=O) groups is 1. The number of hydrogen-bond donors (Lipinski definition) is 15. The molecule has 778 valence electrons. The van der Waals surface area contributed by atoms with Crippen molar-refractivity contribution in [2.75, 3.05) is 145 Å². The number of amides is 1. The molecule has 46 heteroatoms. The quantitative estimate of drug-likeness (QED) is 0.0334. The van der Waals surface area contributed by atoms with Crippen molar-refractivity contribution in [2.45, 2.75) is 199 Å². The maximum Gasteiger partial charge on any atom is 0.222 e. The van der Waals surface area contributed by atoms with Gasteiger partial charge in [-0.15, -0.1) is 79.1 Å². The van der Waals surface area contributed by atoms with Gasteiger partial charge in [-0.25, -0.2) is 25.0 Å². The summed E-state index contributed by atoms with van der Waals surface area (Å²) in [4.78, 5) is 40.3. The van der Waals surface area contributed by atoms with E-state index in [4.69, 9.17) is 82.5 Å². The highest BCUT2D eigenvalue weighted by Gasteiger charge is 2.53. The molecule has 0 saturated carbocycles. The number of methoxy groups -OCH3 is 4. The number of rotatable bonds is 28. The molecule has 19 N–H and O–H groups in total. The average molecular weight is 2200 g/mol. The zero-order valence-electron chi connectivity index (χ0n) is 83.3. The lowest BCUT2D eigenvalue weighted by Gasteiger charge is -2.32. The van der Waals surface area contributed by atoms with Crippen LogP contribution in [-0.4, -0.2) is 439 Å². The van der Waals surface area contributed by atoms with Crippen molar-refractivity contribution in [3.63, 3.8) is 0 Å². The van der Waals surface area contributed by atoms with Gasteiger partial charge in [-0.05, 0) is 219 Å². The molecule has 0 aliphatic carbocycles. The predicted molar refractivity (Wildman–Crippen MR) is 580 cm³/mol. The molecule has 1 amide bonds. The topological polar surface area (TPSA) is 511 Å². The van der Waals surface area contributed by atoms with E-state index < -0.39 is 170 Å². The second kappa shape index (κ2) is 50.5. The monoisotopic (exact) mass is 2190 g/mol. The molecule has 0 unspecified atom stereocenters. The van der Waals surface area contributed by atoms with Gasteiger partial charge in [0.1, 0.15) is 114 Å². The van der Waals surface area contributed by atoms with Crippen molar-refractivity contribution < 1.29 is 103 Å². The van der Waals surface area contributed by atoms with Gasteiger partial charge in [-0.2, -0.15) is 0 Å². The van der Waals surface area contributed by atoms with Crippen molar-refractivity contribution in [1.82, 2.24) is 39.4 Å². The molecule has 12 rings (SSSR count). The highest BCUT2D eigenvalue weighted by atomic mass is 79.9. The van der Waals surface area contributed by atoms with E-state index in [9.17, 15) is 55.9 Å². The van der Waals surface area contributed by atoms with Gasteiger partial charge in [0.25, 0.3) is 0 Å². The lowest BCUT2D eigenvalue weighted by atomic mass is 10.0. The molecule has 0 radical (unpaired) electrons. The number of aliphatic hydroxyl groups excluding tert-OH is 10. The Morgan fingerprint density at radius 3 is 1.12 bits per heavy atom. The van der Waals surface area contributed by atoms with Gasteiger partial charge in [0.2, 0.25) is 5.91 Å². The predicted octanol–water partition coefficient (Wildman–Crippen LogP) is 6.08. The van der Waals surface area contributed by atoms with E-state index in [-0.39, 0.29) is 35.9 Å². The van der Waals surface area contributed by atoms with E-state index in [1.165, 1.54) is 26.0 Å². The fraction of sp³-hybridized carbons (Fsp3) is 0.598. The number of allylic oxidation sites excluding steroid dienone is 2. The second-order valence-electron chi connectivity index (χ2n) is 39.7. The molecule has 138 heavy (non-hydrogen) atoms. The SMILES string of the molecule is C=C1C=C(N)C(Br)=CN1[C@@H]1O[C@H](CCP(=C)(C)C)[C@@H](O)[C@H]1O.C=C1N=C(N)C(Br)=CN1[C@@H]1O[C@H](CCP(=C)(C)C)[C@@H](O)[C@H]1O.C=C1N=C(N)C(OC)=CN1[C@@H]1O[C@H](CCP(=C)(C)C)[C@@H](O)[C@H]1O.C=C1N=C(N)C(OC)=CN1[C@@H]1O[C@H](CCP(=C)(C)C)[C@@H](O)[C@H]1OC.C=C1N=C(NC(C)=O)C=CN1[C@@H]1O[C@H](CCP(=C)(C)C)[C@@H](O)[C@H]1OC.C=P(C)(C)CC[C@H]1O[C@@H](c2cn(C)c(=S)nc2C)[C@H](O)[C@@H]1O. The third-order valence-corrected chi connectivity index (χ3v) is 34.1. The van der Waals surface area contributed by atoms with Gasteiger partial charge in [0.05, 0.1) is 72.2 Å². The molecule has 24 atom stereocenters. The first kappa shape index (κ1) is 119. The standard InChI is InChI=1S/C17H28N3O4P.C16H28N3O4P.C15H24BrN2O3P.C15H26N3O4P.C15H25N2O3PS.C14H23BrN3O3P/c1-11-18-14(19-12(2)21)7-9-20(11)17-16(23-3)15(22)13(24-17)8-10-25(4,5)6;1-10-18-15(17)12(21-2)9-19(10)16-14(22-3)13(20)11(23-16)7-8-24(4,5)6;1-9-7-11(17)10(16)8-18(9)15-14(20)13(19)12(21-15)5-6-22(2,3)4;1-9-17-14(16)11(21-2)8-18(9)15-13(20)12(19)10(22-15)6-7-23(3,4)5;1-9-10(8-17(2)15(22)16-9)14-13(19)12(18)11(20-14)6-7-21(3,4)5;1-8-17-13(16)9(15)7-18(8)14-12(20)11(19)10(21-14)5-6-22(2,3)4/h7,9,13,15-17,22H,1,4,8,10H2,2-3,5-6H3,(H,18,19,21);9,11,13-14,16,20H,1,4,7-8H2,2-3,5-6H3,(H2,17,18);7-8,12-15,19-20H,1-2,5-6,17H2,3-4H3;8,10,12-13,15,19-20H,1,3,6-7H2,2,4-5H3,(H2,16,17);8,11-14,18-19H,3,6-7H2,1-2,4-5H3;7,10-12,14,19-20H,1-2,5-6H2,3-4H3,(H2,16,17)/t13-,15-,16-,17-;11-,13-,14-,16-;12-,13-,14-,15-;10-,12-,13-,15-;11-,12-,13-,14+;10-,11-,12-,14-/m111111/s1. The van der Waals surface area contributed by atoms with Gasteiger partial charge in [0.15, 0.2) is 59.1 Å². The van der Waals surface area contributed by atoms with Crippen LogP contribution in [0.25, 0.3) is 0 Å². The van der Waals surface area contributed by atoms with E-state index in [0.29, 0.717) is 97.3 Å². The molecule has 11 aliphatic heterocycles. The maximum atomic E-state index is 11.1. The summed E-state index contributed by atoms with van der Waals surface area (Å²) in [7, 11) is 7.90. The zero-order valence-corrected chi connectivity index (χ0v) is 92.6. The summed E-state index contributed by atoms with van der Waals surface area (Å²) in [5.41, 5.74) is 25.7. The van der Waals surface area contributed by atoms with Gasteiger partial charge in [0, 0.05) is 75.6 Å². The van der Waals surface area contributed by atoms with E-state index >= 15 is 0 Å². The van der Waals surface area contributed by atoms with Crippen LogP contribution in [0.4, 0.5) is 0 Å². The van der Waals surface area contributed by atoms with Gasteiger partial charge >= 0.3 is 0 Å². The number of aliphatic imine (C=N–C) groups is 4. The number of amidine groups is 4. The van der Waals surface area contributed by atoms with Crippen LogP contribution in [-0.2, 0) is 59.2 Å². The van der Waals surface area contributed by atoms with E-state index in [2.05, 4.69) is 213 Å². The van der Waals surface area contributed by atoms with Crippen LogP contribution in [0.2, 0.25) is 0 Å². The lowest BCUT2D eigenvalue weighted by molar-refractivity contribution is -0.117. The molecule has 37 nitrogen and oxygen atoms in total. The Morgan fingerprint density at radius 1 is 0.449 bits per heavy atom. The molecule has 6 fully saturated rings. The Morgan fingerprint density at radius 2 is 0.761 bits per heavy atom. The number of halogens is 2. The van der Waals surface area contributed by atoms with Gasteiger partial charge < -0.3 is 156 Å². The number of ether oxygens (including phenoxy) is 10. The summed E-state index contributed by atoms with van der Waals surface area (Å²) >= 11 is 11.8. The van der Waals surface area contributed by atoms with Crippen LogP contribution in [0.5, 0.6) is 0 Å². The fourth-order valence-electron chi connectivity index (χ4n) is 15.8. The number of nitrogens with one attached hydrogen (secondary N) is 1. The van der Waals surface area contributed by atoms with Crippen LogP contribution < -0.4 is 28.3 Å². The van der Waals surface area contributed by atoms with Crippen LogP contribution in [0.3, 0.4) is 0 Å². The first-order valence-corrected chi connectivity index (χ1v) is 65.1. The van der Waals surface area contributed by atoms with Crippen molar-refractivity contribution in [1.29, 1.82) is 0 Å². The summed E-state index contributed by atoms with van der Waals surface area (Å²) in [6, 6.07) is 0. The molecule has 1 aromatic heterocycles. The number of nitrogens with two attached hydrogens (primary N) is 4. The first-order chi connectivity index (χ1) is 63.7. The Kier molecular flexibility index (Phi) is 43.7. The number of carbonyl (C=O) groups excluding carboxylic acids is 1. The Bertz CT molecular complexity index is 5150. The van der Waals surface area contributed by atoms with Crippen molar-refractivity contribution >= 4 is 152 Å². The Balaban J connectivity index is 0.000000226. The zero-order chi connectivity index (χ0) is 104. The molecule has 11 aliphatic rings. The van der Waals surface area contributed by atoms with Crippen LogP contribution in [0.1, 0.15) is 62.8 Å². The number of aromatic nitrogens is 2.